The lowest BCUT2D eigenvalue weighted by atomic mass is 10.0. The van der Waals surface area contributed by atoms with Crippen LogP contribution in [-0.4, -0.2) is 19.0 Å². The third kappa shape index (κ3) is 18.7. The molecule has 0 radical (unpaired) electrons. The third-order valence-electron chi connectivity index (χ3n) is 4.10. The number of carbonyl (C=O) groups is 1. The van der Waals surface area contributed by atoms with Crippen molar-refractivity contribution in [1.82, 2.24) is 5.32 Å². The lowest BCUT2D eigenvalue weighted by molar-refractivity contribution is -0.121. The van der Waals surface area contributed by atoms with Crippen molar-refractivity contribution in [2.75, 3.05) is 13.1 Å². The van der Waals surface area contributed by atoms with E-state index >= 15 is 0 Å². The Morgan fingerprint density at radius 1 is 0.870 bits per heavy atom. The number of hydrogen-bond donors (Lipinski definition) is 1. The number of nitrogens with zero attached hydrogens (tertiary/aromatic N) is 3. The molecule has 0 rings (SSSR count). The average molecular weight is 325 g/mol. The predicted molar refractivity (Wildman–Crippen MR) is 97.3 cm³/mol. The van der Waals surface area contributed by atoms with Crippen LogP contribution in [0.5, 0.6) is 0 Å². The van der Waals surface area contributed by atoms with Crippen LogP contribution >= 0.6 is 0 Å². The van der Waals surface area contributed by atoms with E-state index in [2.05, 4.69) is 22.3 Å². The van der Waals surface area contributed by atoms with Gasteiger partial charge < -0.3 is 5.32 Å². The van der Waals surface area contributed by atoms with Crippen LogP contribution in [-0.2, 0) is 4.79 Å². The fourth-order valence-corrected chi connectivity index (χ4v) is 2.68. The van der Waals surface area contributed by atoms with E-state index in [1.807, 2.05) is 0 Å². The highest BCUT2D eigenvalue weighted by molar-refractivity contribution is 5.75. The molecule has 23 heavy (non-hydrogen) atoms. The van der Waals surface area contributed by atoms with Gasteiger partial charge in [-0.05, 0) is 12.0 Å². The maximum Gasteiger partial charge on any atom is 0.219 e. The maximum absolute atomic E-state index is 11.5. The van der Waals surface area contributed by atoms with Gasteiger partial charge in [0.1, 0.15) is 0 Å². The van der Waals surface area contributed by atoms with Crippen LogP contribution in [0.4, 0.5) is 0 Å². The second kappa shape index (κ2) is 18.8. The molecule has 0 bridgehead atoms. The van der Waals surface area contributed by atoms with Gasteiger partial charge in [-0.15, -0.1) is 0 Å². The summed E-state index contributed by atoms with van der Waals surface area (Å²) in [4.78, 5) is 14.1. The van der Waals surface area contributed by atoms with Crippen LogP contribution in [0.25, 0.3) is 10.4 Å². The third-order valence-corrected chi connectivity index (χ3v) is 4.10. The Morgan fingerprint density at radius 3 is 1.83 bits per heavy atom. The molecule has 5 heteroatoms. The number of rotatable bonds is 17. The highest BCUT2D eigenvalue weighted by Crippen LogP contribution is 2.12. The standard InChI is InChI=1S/C18H36N4O/c1-2-3-4-5-6-7-8-9-10-11-12-13-14-15-18(23)20-16-17-21-22-19/h2-17H2,1H3,(H,20,23). The van der Waals surface area contributed by atoms with Crippen LogP contribution in [0.3, 0.4) is 0 Å². The van der Waals surface area contributed by atoms with Gasteiger partial charge >= 0.3 is 0 Å². The number of unbranched alkanes of at least 4 members (excludes halogenated alkanes) is 12. The van der Waals surface area contributed by atoms with Crippen molar-refractivity contribution in [2.24, 2.45) is 5.11 Å². The molecule has 0 spiro atoms. The summed E-state index contributed by atoms with van der Waals surface area (Å²) in [6, 6.07) is 0. The quantitative estimate of drug-likeness (QED) is 0.154. The topological polar surface area (TPSA) is 77.9 Å². The first-order chi connectivity index (χ1) is 11.3. The zero-order chi connectivity index (χ0) is 17.0. The molecule has 0 aliphatic carbocycles. The number of azide groups is 1. The van der Waals surface area contributed by atoms with Gasteiger partial charge in [0, 0.05) is 24.4 Å². The van der Waals surface area contributed by atoms with E-state index in [1.165, 1.54) is 70.6 Å². The zero-order valence-corrected chi connectivity index (χ0v) is 15.1. The van der Waals surface area contributed by atoms with Gasteiger partial charge in [-0.1, -0.05) is 89.1 Å². The van der Waals surface area contributed by atoms with Crippen LogP contribution in [0.2, 0.25) is 0 Å². The summed E-state index contributed by atoms with van der Waals surface area (Å²) < 4.78 is 0. The lowest BCUT2D eigenvalue weighted by Gasteiger charge is -2.04. The number of carbonyl (C=O) groups excluding carboxylic acids is 1. The van der Waals surface area contributed by atoms with Crippen molar-refractivity contribution < 1.29 is 4.79 Å². The van der Waals surface area contributed by atoms with Crippen LogP contribution in [0.15, 0.2) is 5.11 Å². The molecular formula is C18H36N4O. The molecule has 5 nitrogen and oxygen atoms in total. The molecule has 0 saturated carbocycles. The van der Waals surface area contributed by atoms with Crippen molar-refractivity contribution in [1.29, 1.82) is 0 Å². The molecule has 0 atom stereocenters. The summed E-state index contributed by atoms with van der Waals surface area (Å²) in [6.07, 6.45) is 17.7. The minimum atomic E-state index is 0.0706. The molecule has 0 aromatic rings. The number of hydrogen-bond acceptors (Lipinski definition) is 2. The second-order valence-corrected chi connectivity index (χ2v) is 6.30. The fourth-order valence-electron chi connectivity index (χ4n) is 2.68. The first kappa shape index (κ1) is 21.8. The van der Waals surface area contributed by atoms with Crippen LogP contribution in [0.1, 0.15) is 96.8 Å². The number of amides is 1. The molecule has 0 aromatic carbocycles. The normalized spacial score (nSPS) is 10.3. The Labute approximate surface area is 142 Å². The van der Waals surface area contributed by atoms with E-state index < -0.39 is 0 Å². The fraction of sp³-hybridized carbons (Fsp3) is 0.944. The minimum Gasteiger partial charge on any atom is -0.356 e. The van der Waals surface area contributed by atoms with Gasteiger partial charge in [-0.2, -0.15) is 0 Å². The number of nitrogens with one attached hydrogen (secondary N) is 1. The predicted octanol–water partition coefficient (Wildman–Crippen LogP) is 5.89. The molecule has 0 aliphatic heterocycles. The molecule has 0 saturated heterocycles. The van der Waals surface area contributed by atoms with Gasteiger partial charge in [0.2, 0.25) is 5.91 Å². The highest BCUT2D eigenvalue weighted by atomic mass is 16.1. The Hall–Kier alpha value is -1.22. The molecule has 0 unspecified atom stereocenters. The smallest absolute Gasteiger partial charge is 0.219 e. The molecule has 0 heterocycles. The zero-order valence-electron chi connectivity index (χ0n) is 15.1. The first-order valence-corrected chi connectivity index (χ1v) is 9.58. The summed E-state index contributed by atoms with van der Waals surface area (Å²) in [7, 11) is 0. The average Bonchev–Trinajstić information content (AvgIpc) is 2.56. The van der Waals surface area contributed by atoms with E-state index in [4.69, 9.17) is 5.53 Å². The Morgan fingerprint density at radius 2 is 1.35 bits per heavy atom. The molecule has 0 aliphatic rings. The molecule has 1 amide bonds. The van der Waals surface area contributed by atoms with E-state index in [-0.39, 0.29) is 5.91 Å². The summed E-state index contributed by atoms with van der Waals surface area (Å²) in [5.74, 6) is 0.0706. The van der Waals surface area contributed by atoms with Crippen LogP contribution < -0.4 is 5.32 Å². The van der Waals surface area contributed by atoms with Gasteiger partial charge in [0.25, 0.3) is 0 Å². The van der Waals surface area contributed by atoms with Crippen molar-refractivity contribution >= 4 is 5.91 Å². The van der Waals surface area contributed by atoms with E-state index in [1.54, 1.807) is 0 Å². The Balaban J connectivity index is 3.12. The Kier molecular flexibility index (Phi) is 17.8. The SMILES string of the molecule is CCCCCCCCCCCCCCCC(=O)NCCN=[N+]=[N-]. The Bertz CT molecular complexity index is 314. The summed E-state index contributed by atoms with van der Waals surface area (Å²) in [6.45, 7) is 3.04. The summed E-state index contributed by atoms with van der Waals surface area (Å²) in [5.41, 5.74) is 8.11. The van der Waals surface area contributed by atoms with Crippen molar-refractivity contribution in [3.8, 4) is 0 Å². The van der Waals surface area contributed by atoms with E-state index in [9.17, 15) is 4.79 Å². The molecule has 134 valence electrons. The lowest BCUT2D eigenvalue weighted by Crippen LogP contribution is -2.25. The van der Waals surface area contributed by atoms with Gasteiger partial charge in [0.05, 0.1) is 0 Å². The monoisotopic (exact) mass is 324 g/mol. The van der Waals surface area contributed by atoms with Crippen molar-refractivity contribution in [3.63, 3.8) is 0 Å². The molecular weight excluding hydrogens is 288 g/mol. The van der Waals surface area contributed by atoms with Crippen molar-refractivity contribution in [3.05, 3.63) is 10.4 Å². The van der Waals surface area contributed by atoms with E-state index in [0.717, 1.165) is 12.8 Å². The largest absolute Gasteiger partial charge is 0.356 e. The second-order valence-electron chi connectivity index (χ2n) is 6.30. The van der Waals surface area contributed by atoms with Gasteiger partial charge in [0.15, 0.2) is 0 Å². The molecule has 1 N–H and O–H groups in total. The minimum absolute atomic E-state index is 0.0706. The highest BCUT2D eigenvalue weighted by Gasteiger charge is 1.99. The molecule has 0 fully saturated rings. The van der Waals surface area contributed by atoms with E-state index in [0.29, 0.717) is 19.5 Å². The molecule has 0 aromatic heterocycles. The van der Waals surface area contributed by atoms with Crippen molar-refractivity contribution in [2.45, 2.75) is 96.8 Å². The van der Waals surface area contributed by atoms with Gasteiger partial charge in [-0.3, -0.25) is 4.79 Å². The first-order valence-electron chi connectivity index (χ1n) is 9.58. The summed E-state index contributed by atoms with van der Waals surface area (Å²) in [5, 5.41) is 6.14. The van der Waals surface area contributed by atoms with Gasteiger partial charge in [-0.25, -0.2) is 0 Å². The summed E-state index contributed by atoms with van der Waals surface area (Å²) >= 11 is 0. The maximum atomic E-state index is 11.5. The van der Waals surface area contributed by atoms with Crippen LogP contribution in [0, 0.1) is 0 Å².